The van der Waals surface area contributed by atoms with Crippen molar-refractivity contribution in [1.29, 1.82) is 0 Å². The summed E-state index contributed by atoms with van der Waals surface area (Å²) in [4.78, 5) is 0. The van der Waals surface area contributed by atoms with Gasteiger partial charge >= 0.3 is 0 Å². The molecule has 1 aliphatic rings. The fourth-order valence-electron chi connectivity index (χ4n) is 1.26. The molecule has 0 radical (unpaired) electrons. The van der Waals surface area contributed by atoms with Gasteiger partial charge in [-0.15, -0.1) is 0 Å². The van der Waals surface area contributed by atoms with Crippen LogP contribution < -0.4 is 4.74 Å². The van der Waals surface area contributed by atoms with E-state index in [0.29, 0.717) is 12.7 Å². The van der Waals surface area contributed by atoms with Crippen LogP contribution in [0.5, 0.6) is 5.75 Å². The van der Waals surface area contributed by atoms with Gasteiger partial charge in [0.15, 0.2) is 0 Å². The number of rotatable bonds is 4. The van der Waals surface area contributed by atoms with E-state index in [1.54, 1.807) is 7.11 Å². The Kier molecular flexibility index (Phi) is 77.3. The quantitative estimate of drug-likeness (QED) is 0.394. The third kappa shape index (κ3) is 65.3. The van der Waals surface area contributed by atoms with Crippen LogP contribution in [0.4, 0.5) is 0 Å². The van der Waals surface area contributed by atoms with E-state index >= 15 is 0 Å². The van der Waals surface area contributed by atoms with Crippen LogP contribution in [0.3, 0.4) is 0 Å². The van der Waals surface area contributed by atoms with Crippen molar-refractivity contribution in [3.8, 4) is 5.75 Å². The van der Waals surface area contributed by atoms with Crippen LogP contribution in [-0.2, 0) is 9.47 Å². The molecule has 2 aromatic carbocycles. The van der Waals surface area contributed by atoms with Gasteiger partial charge in [0.25, 0.3) is 0 Å². The van der Waals surface area contributed by atoms with Gasteiger partial charge in [0.1, 0.15) is 18.5 Å². The number of para-hydroxylation sites is 1. The monoisotopic (exact) mass is 496 g/mol. The Labute approximate surface area is 222 Å². The normalized spacial score (nSPS) is 10.6. The summed E-state index contributed by atoms with van der Waals surface area (Å²) in [6.07, 6.45) is 2.84. The molecule has 3 heteroatoms. The third-order valence-electron chi connectivity index (χ3n) is 2.54. The molecular formula is C32H64O3. The Morgan fingerprint density at radius 2 is 0.886 bits per heavy atom. The molecular weight excluding hydrogens is 432 g/mol. The Morgan fingerprint density at radius 3 is 1.11 bits per heavy atom. The average Bonchev–Trinajstić information content (AvgIpc) is 3.80. The lowest BCUT2D eigenvalue weighted by molar-refractivity contribution is 0.215. The van der Waals surface area contributed by atoms with Gasteiger partial charge in [0.2, 0.25) is 0 Å². The van der Waals surface area contributed by atoms with Crippen LogP contribution in [0.25, 0.3) is 0 Å². The maximum atomic E-state index is 5.40. The first kappa shape index (κ1) is 46.5. The molecule has 35 heavy (non-hydrogen) atoms. The van der Waals surface area contributed by atoms with Crippen LogP contribution in [0.2, 0.25) is 0 Å². The maximum absolute atomic E-state index is 5.40. The van der Waals surface area contributed by atoms with Crippen LogP contribution in [0, 0.1) is 0 Å². The standard InChI is InChI=1S/C9H10O2.C6H6.C3H8O.2C3H8.4C2H6/c1-2-4-8(5-3-1)10-6-9-7-11-9;1-2-4-6-5-3-1;1-3-4-2;2*1-3-2;4*1-2/h1-5,9H,6-7H2;1-6H;3H2,1-2H3;2*3H2,1-2H3;4*1-2H3. The predicted octanol–water partition coefficient (Wildman–Crippen LogP) is 10.7. The molecule has 1 aliphatic heterocycles. The van der Waals surface area contributed by atoms with E-state index in [-0.39, 0.29) is 0 Å². The Balaban J connectivity index is -0.0000000761. The van der Waals surface area contributed by atoms with Crippen LogP contribution in [0.1, 0.15) is 103 Å². The Morgan fingerprint density at radius 1 is 0.629 bits per heavy atom. The summed E-state index contributed by atoms with van der Waals surface area (Å²) in [6, 6.07) is 21.8. The van der Waals surface area contributed by atoms with E-state index in [9.17, 15) is 0 Å². The van der Waals surface area contributed by atoms with Gasteiger partial charge in [0, 0.05) is 13.7 Å². The highest BCUT2D eigenvalue weighted by Gasteiger charge is 2.22. The second kappa shape index (κ2) is 58.2. The molecule has 0 spiro atoms. The summed E-state index contributed by atoms with van der Waals surface area (Å²) in [5, 5.41) is 0. The molecule has 1 atom stereocenters. The molecule has 3 rings (SSSR count). The van der Waals surface area contributed by atoms with Crippen molar-refractivity contribution >= 4 is 0 Å². The number of hydrogen-bond donors (Lipinski definition) is 0. The molecule has 0 aromatic heterocycles. The van der Waals surface area contributed by atoms with E-state index in [4.69, 9.17) is 9.47 Å². The van der Waals surface area contributed by atoms with Crippen molar-refractivity contribution in [2.75, 3.05) is 26.9 Å². The Hall–Kier alpha value is -1.84. The molecule has 210 valence electrons. The number of epoxide rings is 1. The first-order valence-corrected chi connectivity index (χ1v) is 14.0. The van der Waals surface area contributed by atoms with Crippen molar-refractivity contribution in [3.63, 3.8) is 0 Å². The number of methoxy groups -OCH3 is 1. The Bertz CT molecular complexity index is 426. The lowest BCUT2D eigenvalue weighted by Crippen LogP contribution is -2.03. The fourth-order valence-corrected chi connectivity index (χ4v) is 1.26. The molecule has 1 unspecified atom stereocenters. The zero-order chi connectivity index (χ0) is 28.6. The highest BCUT2D eigenvalue weighted by atomic mass is 16.6. The molecule has 1 fully saturated rings. The number of benzene rings is 2. The second-order valence-corrected chi connectivity index (χ2v) is 5.73. The minimum atomic E-state index is 0.343. The molecule has 0 saturated carbocycles. The second-order valence-electron chi connectivity index (χ2n) is 5.73. The van der Waals surface area contributed by atoms with Gasteiger partial charge in [-0.05, 0) is 19.1 Å². The van der Waals surface area contributed by atoms with Gasteiger partial charge in [0.05, 0.1) is 6.61 Å². The first-order valence-electron chi connectivity index (χ1n) is 14.0. The number of hydrogen-bond acceptors (Lipinski definition) is 3. The summed E-state index contributed by atoms with van der Waals surface area (Å²) in [5.41, 5.74) is 0. The van der Waals surface area contributed by atoms with Gasteiger partial charge < -0.3 is 14.2 Å². The van der Waals surface area contributed by atoms with E-state index in [0.717, 1.165) is 19.0 Å². The van der Waals surface area contributed by atoms with Crippen molar-refractivity contribution < 1.29 is 14.2 Å². The number of ether oxygens (including phenoxy) is 3. The molecule has 0 aliphatic carbocycles. The van der Waals surface area contributed by atoms with Gasteiger partial charge in [-0.1, -0.05) is 151 Å². The van der Waals surface area contributed by atoms with Crippen LogP contribution in [0.15, 0.2) is 66.7 Å². The average molecular weight is 497 g/mol. The lowest BCUT2D eigenvalue weighted by atomic mass is 10.3. The fraction of sp³-hybridized carbons (Fsp3) is 0.625. The van der Waals surface area contributed by atoms with Crippen molar-refractivity contribution in [1.82, 2.24) is 0 Å². The van der Waals surface area contributed by atoms with Crippen molar-refractivity contribution in [2.45, 2.75) is 109 Å². The largest absolute Gasteiger partial charge is 0.491 e. The van der Waals surface area contributed by atoms with E-state index in [1.807, 2.05) is 129 Å². The van der Waals surface area contributed by atoms with E-state index in [2.05, 4.69) is 32.4 Å². The molecule has 1 saturated heterocycles. The lowest BCUT2D eigenvalue weighted by Gasteiger charge is -2.01. The van der Waals surface area contributed by atoms with Crippen molar-refractivity contribution in [2.24, 2.45) is 0 Å². The minimum Gasteiger partial charge on any atom is -0.491 e. The molecule has 1 heterocycles. The highest BCUT2D eigenvalue weighted by Crippen LogP contribution is 2.13. The minimum absolute atomic E-state index is 0.343. The smallest absolute Gasteiger partial charge is 0.119 e. The molecule has 0 N–H and O–H groups in total. The SMILES string of the molecule is CC.CC.CC.CC.CCC.CCC.CCOC.c1ccc(OCC2CO2)cc1.c1ccccc1. The summed E-state index contributed by atoms with van der Waals surface area (Å²) in [6.45, 7) is 28.8. The van der Waals surface area contributed by atoms with Gasteiger partial charge in [-0.2, -0.15) is 0 Å². The van der Waals surface area contributed by atoms with E-state index < -0.39 is 0 Å². The molecule has 0 bridgehead atoms. The van der Waals surface area contributed by atoms with Gasteiger partial charge in [-0.25, -0.2) is 0 Å². The summed E-state index contributed by atoms with van der Waals surface area (Å²) in [7, 11) is 1.68. The third-order valence-corrected chi connectivity index (χ3v) is 2.54. The zero-order valence-corrected chi connectivity index (χ0v) is 26.2. The molecule has 2 aromatic rings. The summed E-state index contributed by atoms with van der Waals surface area (Å²) in [5.74, 6) is 0.919. The predicted molar refractivity (Wildman–Crippen MR) is 163 cm³/mol. The molecule has 0 amide bonds. The van der Waals surface area contributed by atoms with Crippen molar-refractivity contribution in [3.05, 3.63) is 66.7 Å². The van der Waals surface area contributed by atoms with Crippen LogP contribution in [-0.4, -0.2) is 33.0 Å². The summed E-state index contributed by atoms with van der Waals surface area (Å²) >= 11 is 0. The zero-order valence-electron chi connectivity index (χ0n) is 26.2. The highest BCUT2D eigenvalue weighted by molar-refractivity contribution is 5.20. The molecule has 3 nitrogen and oxygen atoms in total. The van der Waals surface area contributed by atoms with Gasteiger partial charge in [-0.3, -0.25) is 0 Å². The topological polar surface area (TPSA) is 31.0 Å². The van der Waals surface area contributed by atoms with Crippen LogP contribution >= 0.6 is 0 Å². The summed E-state index contributed by atoms with van der Waals surface area (Å²) < 4.78 is 15.0. The maximum Gasteiger partial charge on any atom is 0.119 e. The first-order chi connectivity index (χ1) is 17.2. The van der Waals surface area contributed by atoms with E-state index in [1.165, 1.54) is 12.8 Å².